The van der Waals surface area contributed by atoms with E-state index in [0.29, 0.717) is 16.7 Å². The maximum absolute atomic E-state index is 6.19. The highest BCUT2D eigenvalue weighted by atomic mass is 35.5. The first-order valence-electron chi connectivity index (χ1n) is 6.14. The van der Waals surface area contributed by atoms with E-state index in [0.717, 1.165) is 22.2 Å². The molecule has 0 aliphatic heterocycles. The minimum absolute atomic E-state index is 0.444. The number of hydrogen-bond acceptors (Lipinski definition) is 2. The molecule has 2 nitrogen and oxygen atoms in total. The lowest BCUT2D eigenvalue weighted by molar-refractivity contribution is 0.306. The minimum Gasteiger partial charge on any atom is -0.489 e. The topological polar surface area (TPSA) is 22.1 Å². The SMILES string of the molecule is Clc1cnc2ccc(OCc3ccccc3)cc2c1Cl. The van der Waals surface area contributed by atoms with Crippen molar-refractivity contribution in [1.29, 1.82) is 0 Å². The van der Waals surface area contributed by atoms with Gasteiger partial charge in [-0.2, -0.15) is 0 Å². The van der Waals surface area contributed by atoms with E-state index in [2.05, 4.69) is 4.98 Å². The summed E-state index contributed by atoms with van der Waals surface area (Å²) in [5.74, 6) is 0.743. The molecular formula is C16H11Cl2NO. The van der Waals surface area contributed by atoms with Crippen molar-refractivity contribution in [2.45, 2.75) is 6.61 Å². The molecule has 0 radical (unpaired) electrons. The molecule has 0 saturated heterocycles. The van der Waals surface area contributed by atoms with Gasteiger partial charge in [-0.1, -0.05) is 53.5 Å². The Kier molecular flexibility index (Phi) is 3.77. The smallest absolute Gasteiger partial charge is 0.120 e. The van der Waals surface area contributed by atoms with Crippen LogP contribution in [0.4, 0.5) is 0 Å². The molecular weight excluding hydrogens is 293 g/mol. The Morgan fingerprint density at radius 1 is 1.00 bits per heavy atom. The highest BCUT2D eigenvalue weighted by Crippen LogP contribution is 2.31. The van der Waals surface area contributed by atoms with Crippen molar-refractivity contribution in [1.82, 2.24) is 4.98 Å². The van der Waals surface area contributed by atoms with Crippen LogP contribution in [0, 0.1) is 0 Å². The van der Waals surface area contributed by atoms with Gasteiger partial charge in [-0.15, -0.1) is 0 Å². The Balaban J connectivity index is 1.87. The van der Waals surface area contributed by atoms with Crippen molar-refractivity contribution >= 4 is 34.1 Å². The van der Waals surface area contributed by atoms with Crippen LogP contribution in [0.25, 0.3) is 10.9 Å². The number of rotatable bonds is 3. The van der Waals surface area contributed by atoms with Crippen molar-refractivity contribution in [3.8, 4) is 5.75 Å². The Bertz CT molecular complexity index is 744. The van der Waals surface area contributed by atoms with E-state index in [-0.39, 0.29) is 0 Å². The summed E-state index contributed by atoms with van der Waals surface area (Å²) in [6.45, 7) is 0.512. The van der Waals surface area contributed by atoms with Gasteiger partial charge in [0.1, 0.15) is 12.4 Å². The summed E-state index contributed by atoms with van der Waals surface area (Å²) in [7, 11) is 0. The van der Waals surface area contributed by atoms with Crippen molar-refractivity contribution in [2.75, 3.05) is 0 Å². The average molecular weight is 304 g/mol. The van der Waals surface area contributed by atoms with E-state index in [1.165, 1.54) is 0 Å². The molecule has 20 heavy (non-hydrogen) atoms. The van der Waals surface area contributed by atoms with Crippen molar-refractivity contribution in [2.24, 2.45) is 0 Å². The van der Waals surface area contributed by atoms with Crippen LogP contribution in [-0.2, 0) is 6.61 Å². The molecule has 100 valence electrons. The number of fused-ring (bicyclic) bond motifs is 1. The Morgan fingerprint density at radius 2 is 1.80 bits per heavy atom. The third kappa shape index (κ3) is 2.72. The van der Waals surface area contributed by atoms with Crippen LogP contribution in [0.1, 0.15) is 5.56 Å². The highest BCUT2D eigenvalue weighted by Gasteiger charge is 2.06. The van der Waals surface area contributed by atoms with Crippen LogP contribution < -0.4 is 4.74 Å². The fourth-order valence-corrected chi connectivity index (χ4v) is 2.30. The van der Waals surface area contributed by atoms with Gasteiger partial charge in [0.15, 0.2) is 0 Å². The van der Waals surface area contributed by atoms with E-state index >= 15 is 0 Å². The summed E-state index contributed by atoms with van der Waals surface area (Å²) in [6.07, 6.45) is 1.55. The molecule has 0 bridgehead atoms. The molecule has 2 aromatic carbocycles. The summed E-state index contributed by atoms with van der Waals surface area (Å²) in [4.78, 5) is 4.23. The van der Waals surface area contributed by atoms with Crippen molar-refractivity contribution < 1.29 is 4.74 Å². The van der Waals surface area contributed by atoms with E-state index in [4.69, 9.17) is 27.9 Å². The zero-order valence-electron chi connectivity index (χ0n) is 10.5. The molecule has 0 saturated carbocycles. The summed E-state index contributed by atoms with van der Waals surface area (Å²) in [5.41, 5.74) is 1.91. The number of halogens is 2. The lowest BCUT2D eigenvalue weighted by atomic mass is 10.2. The van der Waals surface area contributed by atoms with Gasteiger partial charge in [0.25, 0.3) is 0 Å². The summed E-state index contributed by atoms with van der Waals surface area (Å²) >= 11 is 12.2. The second-order valence-corrected chi connectivity index (χ2v) is 5.16. The number of ether oxygens (including phenoxy) is 1. The van der Waals surface area contributed by atoms with Gasteiger partial charge in [0.05, 0.1) is 15.6 Å². The molecule has 1 aromatic heterocycles. The molecule has 0 aliphatic rings. The van der Waals surface area contributed by atoms with E-state index in [1.807, 2.05) is 48.5 Å². The zero-order valence-corrected chi connectivity index (χ0v) is 12.0. The summed E-state index contributed by atoms with van der Waals surface area (Å²) in [6, 6.07) is 15.6. The van der Waals surface area contributed by atoms with Gasteiger partial charge < -0.3 is 4.74 Å². The molecule has 0 amide bonds. The normalized spacial score (nSPS) is 10.7. The van der Waals surface area contributed by atoms with Crippen LogP contribution in [0.5, 0.6) is 5.75 Å². The van der Waals surface area contributed by atoms with Gasteiger partial charge >= 0.3 is 0 Å². The van der Waals surface area contributed by atoms with Crippen LogP contribution in [-0.4, -0.2) is 4.98 Å². The second kappa shape index (κ2) is 5.70. The van der Waals surface area contributed by atoms with Crippen LogP contribution >= 0.6 is 23.2 Å². The number of benzene rings is 2. The van der Waals surface area contributed by atoms with Crippen LogP contribution in [0.15, 0.2) is 54.7 Å². The zero-order chi connectivity index (χ0) is 13.9. The molecule has 3 rings (SSSR count). The predicted molar refractivity (Wildman–Crippen MR) is 82.5 cm³/mol. The highest BCUT2D eigenvalue weighted by molar-refractivity contribution is 6.45. The molecule has 0 unspecified atom stereocenters. The Labute approximate surface area is 126 Å². The van der Waals surface area contributed by atoms with Crippen LogP contribution in [0.2, 0.25) is 10.0 Å². The maximum atomic E-state index is 6.19. The van der Waals surface area contributed by atoms with Gasteiger partial charge in [-0.05, 0) is 23.8 Å². The molecule has 0 N–H and O–H groups in total. The first kappa shape index (κ1) is 13.2. The van der Waals surface area contributed by atoms with Gasteiger partial charge in [-0.25, -0.2) is 0 Å². The van der Waals surface area contributed by atoms with E-state index in [9.17, 15) is 0 Å². The molecule has 0 spiro atoms. The Morgan fingerprint density at radius 3 is 2.60 bits per heavy atom. The van der Waals surface area contributed by atoms with Gasteiger partial charge in [0.2, 0.25) is 0 Å². The number of hydrogen-bond donors (Lipinski definition) is 0. The Hall–Kier alpha value is -1.77. The first-order valence-corrected chi connectivity index (χ1v) is 6.90. The van der Waals surface area contributed by atoms with E-state index in [1.54, 1.807) is 6.20 Å². The first-order chi connectivity index (χ1) is 9.74. The fourth-order valence-electron chi connectivity index (χ4n) is 1.95. The minimum atomic E-state index is 0.444. The summed E-state index contributed by atoms with van der Waals surface area (Å²) < 4.78 is 5.77. The lowest BCUT2D eigenvalue weighted by Crippen LogP contribution is -1.95. The summed E-state index contributed by atoms with van der Waals surface area (Å²) in [5, 5.41) is 1.74. The third-order valence-electron chi connectivity index (χ3n) is 2.98. The van der Waals surface area contributed by atoms with Crippen LogP contribution in [0.3, 0.4) is 0 Å². The third-order valence-corrected chi connectivity index (χ3v) is 3.77. The van der Waals surface area contributed by atoms with Crippen molar-refractivity contribution in [3.05, 3.63) is 70.3 Å². The van der Waals surface area contributed by atoms with Gasteiger partial charge in [0, 0.05) is 11.6 Å². The molecule has 3 aromatic rings. The second-order valence-electron chi connectivity index (χ2n) is 4.37. The molecule has 0 fully saturated rings. The molecule has 0 aliphatic carbocycles. The fraction of sp³-hybridized carbons (Fsp3) is 0.0625. The van der Waals surface area contributed by atoms with Crippen molar-refractivity contribution in [3.63, 3.8) is 0 Å². The molecule has 4 heteroatoms. The van der Waals surface area contributed by atoms with E-state index < -0.39 is 0 Å². The molecule has 1 heterocycles. The number of aromatic nitrogens is 1. The molecule has 0 atom stereocenters. The predicted octanol–water partition coefficient (Wildman–Crippen LogP) is 5.12. The monoisotopic (exact) mass is 303 g/mol. The average Bonchev–Trinajstić information content (AvgIpc) is 2.50. The quantitative estimate of drug-likeness (QED) is 0.670. The largest absolute Gasteiger partial charge is 0.489 e. The standard InChI is InChI=1S/C16H11Cl2NO/c17-14-9-19-15-7-6-12(8-13(15)16(14)18)20-10-11-4-2-1-3-5-11/h1-9H,10H2. The maximum Gasteiger partial charge on any atom is 0.120 e. The lowest BCUT2D eigenvalue weighted by Gasteiger charge is -2.08. The van der Waals surface area contributed by atoms with Gasteiger partial charge in [-0.3, -0.25) is 4.98 Å². The number of nitrogens with zero attached hydrogens (tertiary/aromatic N) is 1. The number of pyridine rings is 1.